The summed E-state index contributed by atoms with van der Waals surface area (Å²) >= 11 is 0. The Morgan fingerprint density at radius 2 is 2.06 bits per heavy atom. The number of aromatic hydroxyl groups is 1. The van der Waals surface area contributed by atoms with Gasteiger partial charge >= 0.3 is 0 Å². The number of morpholine rings is 1. The second-order valence-corrected chi connectivity index (χ2v) is 8.05. The number of ether oxygens (including phenoxy) is 1. The number of nitrogens with two attached hydrogens (primary N) is 1. The molecule has 170 valence electrons. The van der Waals surface area contributed by atoms with Crippen molar-refractivity contribution in [2.24, 2.45) is 7.05 Å². The van der Waals surface area contributed by atoms with Crippen molar-refractivity contribution in [3.05, 3.63) is 48.8 Å². The molecule has 10 nitrogen and oxygen atoms in total. The highest BCUT2D eigenvalue weighted by Gasteiger charge is 2.39. The number of hydrogen-bond acceptors (Lipinski definition) is 6. The molecule has 2 aromatic carbocycles. The lowest BCUT2D eigenvalue weighted by Crippen LogP contribution is -2.55. The van der Waals surface area contributed by atoms with Gasteiger partial charge in [-0.2, -0.15) is 0 Å². The van der Waals surface area contributed by atoms with E-state index >= 15 is 0 Å². The molecule has 4 aromatic rings. The van der Waals surface area contributed by atoms with Crippen LogP contribution in [0.2, 0.25) is 0 Å². The van der Waals surface area contributed by atoms with Crippen molar-refractivity contribution in [2.75, 3.05) is 29.1 Å². The fourth-order valence-corrected chi connectivity index (χ4v) is 4.16. The normalized spacial score (nSPS) is 17.6. The number of nitrogens with one attached hydrogen (secondary N) is 2. The van der Waals surface area contributed by atoms with Crippen LogP contribution in [0.5, 0.6) is 5.88 Å². The first-order valence-corrected chi connectivity index (χ1v) is 10.4. The molecule has 2 atom stereocenters. The number of nitrogens with zero attached hydrogens (tertiary/aromatic N) is 2. The summed E-state index contributed by atoms with van der Waals surface area (Å²) < 4.78 is 7.06. The van der Waals surface area contributed by atoms with Gasteiger partial charge < -0.3 is 40.5 Å². The number of aliphatic hydroxyl groups excluding tert-OH is 1. The molecular weight excluding hydrogens is 426 g/mol. The molecule has 0 saturated carbocycles. The first-order chi connectivity index (χ1) is 15.8. The van der Waals surface area contributed by atoms with Crippen LogP contribution in [0.15, 0.2) is 48.8 Å². The summed E-state index contributed by atoms with van der Waals surface area (Å²) in [6, 6.07) is 10.4. The first-order valence-electron chi connectivity index (χ1n) is 10.4. The minimum Gasteiger partial charge on any atom is -0.494 e. The smallest absolute Gasteiger partial charge is 0.259 e. The van der Waals surface area contributed by atoms with E-state index in [4.69, 9.17) is 10.5 Å². The predicted octanol–water partition coefficient (Wildman–Crippen LogP) is 1.68. The molecule has 0 spiro atoms. The van der Waals surface area contributed by atoms with Crippen molar-refractivity contribution in [1.82, 2.24) is 9.55 Å². The number of carbonyl (C=O) groups is 2. The van der Waals surface area contributed by atoms with Gasteiger partial charge in [0, 0.05) is 58.9 Å². The van der Waals surface area contributed by atoms with E-state index in [1.54, 1.807) is 60.4 Å². The lowest BCUT2D eigenvalue weighted by Gasteiger charge is -2.34. The molecule has 1 aliphatic heterocycles. The third kappa shape index (κ3) is 3.55. The molecule has 33 heavy (non-hydrogen) atoms. The van der Waals surface area contributed by atoms with Crippen molar-refractivity contribution < 1.29 is 24.5 Å². The van der Waals surface area contributed by atoms with E-state index in [-0.39, 0.29) is 19.0 Å². The summed E-state index contributed by atoms with van der Waals surface area (Å²) in [6.45, 7) is 0.405. The maximum Gasteiger partial charge on any atom is 0.259 e. The average molecular weight is 449 g/mol. The Morgan fingerprint density at radius 3 is 2.88 bits per heavy atom. The molecule has 0 radical (unpaired) electrons. The van der Waals surface area contributed by atoms with Gasteiger partial charge in [0.2, 0.25) is 0 Å². The Hall–Kier alpha value is -4.02. The first kappa shape index (κ1) is 20.9. The van der Waals surface area contributed by atoms with Crippen molar-refractivity contribution in [3.63, 3.8) is 0 Å². The maximum absolute atomic E-state index is 13.1. The molecule has 0 aliphatic carbocycles. The highest BCUT2D eigenvalue weighted by atomic mass is 16.5. The van der Waals surface area contributed by atoms with E-state index in [2.05, 4.69) is 10.3 Å². The summed E-state index contributed by atoms with van der Waals surface area (Å²) in [4.78, 5) is 30.1. The molecule has 2 amide bonds. The zero-order chi connectivity index (χ0) is 23.3. The second kappa shape index (κ2) is 7.84. The van der Waals surface area contributed by atoms with Gasteiger partial charge in [0.15, 0.2) is 18.1 Å². The number of H-pyrrole nitrogens is 1. The Bertz CT molecular complexity index is 1390. The van der Waals surface area contributed by atoms with Crippen LogP contribution in [-0.4, -0.2) is 56.9 Å². The van der Waals surface area contributed by atoms with Crippen molar-refractivity contribution in [3.8, 4) is 5.88 Å². The summed E-state index contributed by atoms with van der Waals surface area (Å²) in [6.07, 6.45) is 0.432. The summed E-state index contributed by atoms with van der Waals surface area (Å²) in [5.74, 6) is -0.683. The monoisotopic (exact) mass is 449 g/mol. The van der Waals surface area contributed by atoms with Crippen LogP contribution in [0.3, 0.4) is 0 Å². The van der Waals surface area contributed by atoms with E-state index in [0.717, 1.165) is 16.2 Å². The minimum absolute atomic E-state index is 0.0877. The van der Waals surface area contributed by atoms with Crippen LogP contribution in [0.4, 0.5) is 17.2 Å². The SMILES string of the molecule is Cn1cc2ccc(N3CCO[C@H]([C@@H](O)C(=O)Nc4ccc5c(N)[nH]cc5c4)C3=O)cc2c1O. The Morgan fingerprint density at radius 1 is 1.24 bits per heavy atom. The van der Waals surface area contributed by atoms with Crippen molar-refractivity contribution >= 4 is 50.6 Å². The van der Waals surface area contributed by atoms with E-state index in [1.165, 1.54) is 4.90 Å². The summed E-state index contributed by atoms with van der Waals surface area (Å²) in [5, 5.41) is 26.5. The number of fused-ring (bicyclic) bond motifs is 2. The molecule has 0 unspecified atom stereocenters. The number of carbonyl (C=O) groups excluding carboxylic acids is 2. The summed E-state index contributed by atoms with van der Waals surface area (Å²) in [7, 11) is 1.72. The van der Waals surface area contributed by atoms with Crippen LogP contribution in [0.25, 0.3) is 21.5 Å². The van der Waals surface area contributed by atoms with E-state index in [1.807, 2.05) is 0 Å². The van der Waals surface area contributed by atoms with Crippen LogP contribution in [0.1, 0.15) is 0 Å². The molecule has 5 rings (SSSR count). The van der Waals surface area contributed by atoms with Crippen LogP contribution >= 0.6 is 0 Å². The zero-order valence-electron chi connectivity index (χ0n) is 17.8. The number of aryl methyl sites for hydroxylation is 1. The number of aromatic amines is 1. The summed E-state index contributed by atoms with van der Waals surface area (Å²) in [5.41, 5.74) is 6.83. The number of aliphatic hydroxyl groups is 1. The number of anilines is 3. The van der Waals surface area contributed by atoms with E-state index in [0.29, 0.717) is 22.6 Å². The Labute approximate surface area is 188 Å². The van der Waals surface area contributed by atoms with Gasteiger partial charge in [-0.1, -0.05) is 6.07 Å². The van der Waals surface area contributed by atoms with Gasteiger partial charge in [-0.15, -0.1) is 0 Å². The highest BCUT2D eigenvalue weighted by Crippen LogP contribution is 2.31. The predicted molar refractivity (Wildman–Crippen MR) is 124 cm³/mol. The second-order valence-electron chi connectivity index (χ2n) is 8.05. The fraction of sp³-hybridized carbons (Fsp3) is 0.217. The topological polar surface area (TPSA) is 146 Å². The zero-order valence-corrected chi connectivity index (χ0v) is 17.8. The van der Waals surface area contributed by atoms with E-state index in [9.17, 15) is 19.8 Å². The average Bonchev–Trinajstić information content (AvgIpc) is 3.32. The number of aromatic nitrogens is 2. The Balaban J connectivity index is 1.34. The molecule has 6 N–H and O–H groups in total. The third-order valence-electron chi connectivity index (χ3n) is 5.93. The molecule has 1 saturated heterocycles. The number of benzene rings is 2. The standard InChI is InChI=1S/C23H23N5O5/c1-27-11-12-2-4-15(9-17(12)22(27)31)28-6-7-33-19(23(28)32)18(29)21(30)26-14-3-5-16-13(8-14)10-25-20(16)24/h2-5,8-11,18-19,25,29,31H,6-7,24H2,1H3,(H,26,30)/t18-,19-/m1/s1. The van der Waals surface area contributed by atoms with E-state index < -0.39 is 24.0 Å². The van der Waals surface area contributed by atoms with Gasteiger partial charge in [-0.25, -0.2) is 0 Å². The van der Waals surface area contributed by atoms with Gasteiger partial charge in [-0.3, -0.25) is 9.59 Å². The minimum atomic E-state index is -1.71. The van der Waals surface area contributed by atoms with Crippen LogP contribution < -0.4 is 16.0 Å². The number of hydrogen-bond donors (Lipinski definition) is 5. The molecule has 10 heteroatoms. The fourth-order valence-electron chi connectivity index (χ4n) is 4.16. The van der Waals surface area contributed by atoms with Crippen LogP contribution in [-0.2, 0) is 21.4 Å². The number of rotatable bonds is 4. The largest absolute Gasteiger partial charge is 0.494 e. The van der Waals surface area contributed by atoms with Gasteiger partial charge in [0.05, 0.1) is 6.61 Å². The van der Waals surface area contributed by atoms with Crippen LogP contribution in [0, 0.1) is 0 Å². The Kier molecular flexibility index (Phi) is 4.95. The molecule has 3 heterocycles. The lowest BCUT2D eigenvalue weighted by molar-refractivity contribution is -0.150. The number of amides is 2. The third-order valence-corrected chi connectivity index (χ3v) is 5.93. The number of nitrogen functional groups attached to an aromatic ring is 1. The maximum atomic E-state index is 13.1. The quantitative estimate of drug-likeness (QED) is 0.320. The molecular formula is C23H23N5O5. The van der Waals surface area contributed by atoms with Crippen molar-refractivity contribution in [1.29, 1.82) is 0 Å². The van der Waals surface area contributed by atoms with Gasteiger partial charge in [0.25, 0.3) is 11.8 Å². The molecule has 1 fully saturated rings. The van der Waals surface area contributed by atoms with Gasteiger partial charge in [0.1, 0.15) is 5.82 Å². The lowest BCUT2D eigenvalue weighted by atomic mass is 10.1. The highest BCUT2D eigenvalue weighted by molar-refractivity contribution is 6.05. The molecule has 2 aromatic heterocycles. The van der Waals surface area contributed by atoms with Crippen molar-refractivity contribution in [2.45, 2.75) is 12.2 Å². The molecule has 1 aliphatic rings. The molecule has 0 bridgehead atoms. The van der Waals surface area contributed by atoms with Gasteiger partial charge in [-0.05, 0) is 30.3 Å².